The number of nitrogens with one attached hydrogen (secondary N) is 2. The normalized spacial score (nSPS) is 10.4. The van der Waals surface area contributed by atoms with Gasteiger partial charge in [-0.1, -0.05) is 41.9 Å². The number of amides is 3. The molecule has 3 aromatic carbocycles. The standard InChI is InChI=1S/C25H24ClN3O5/c26-22-4-2-1-3-19(22)16-29(25(34)28-20-9-11-21(30)12-10-20)15-17-5-7-18(8-6-17)24(33)27-14-13-23(31)32/h1-12,30H,13-16H2,(H,27,33)(H,28,34)(H,31,32). The van der Waals surface area contributed by atoms with E-state index in [4.69, 9.17) is 16.7 Å². The number of hydrogen-bond acceptors (Lipinski definition) is 4. The molecule has 0 heterocycles. The summed E-state index contributed by atoms with van der Waals surface area (Å²) in [5, 5.41) is 24.0. The highest BCUT2D eigenvalue weighted by Crippen LogP contribution is 2.20. The molecule has 0 radical (unpaired) electrons. The van der Waals surface area contributed by atoms with Crippen LogP contribution < -0.4 is 10.6 Å². The van der Waals surface area contributed by atoms with Crippen molar-refractivity contribution in [1.29, 1.82) is 0 Å². The predicted octanol–water partition coefficient (Wildman–Crippen LogP) is 4.48. The van der Waals surface area contributed by atoms with Crippen molar-refractivity contribution in [1.82, 2.24) is 10.2 Å². The van der Waals surface area contributed by atoms with Crippen LogP contribution in [-0.2, 0) is 17.9 Å². The fourth-order valence-corrected chi connectivity index (χ4v) is 3.34. The number of carbonyl (C=O) groups excluding carboxylic acids is 2. The molecule has 3 aromatic rings. The van der Waals surface area contributed by atoms with E-state index in [0.717, 1.165) is 11.1 Å². The summed E-state index contributed by atoms with van der Waals surface area (Å²) >= 11 is 6.30. The predicted molar refractivity (Wildman–Crippen MR) is 129 cm³/mol. The summed E-state index contributed by atoms with van der Waals surface area (Å²) in [5.41, 5.74) is 2.48. The first-order chi connectivity index (χ1) is 16.3. The van der Waals surface area contributed by atoms with Gasteiger partial charge in [0.2, 0.25) is 0 Å². The Balaban J connectivity index is 1.73. The smallest absolute Gasteiger partial charge is 0.322 e. The molecule has 34 heavy (non-hydrogen) atoms. The lowest BCUT2D eigenvalue weighted by molar-refractivity contribution is -0.136. The number of rotatable bonds is 9. The second-order valence-corrected chi connectivity index (χ2v) is 7.93. The van der Waals surface area contributed by atoms with Crippen LogP contribution in [0.3, 0.4) is 0 Å². The molecule has 3 rings (SSSR count). The average molecular weight is 482 g/mol. The number of urea groups is 1. The van der Waals surface area contributed by atoms with Crippen LogP contribution in [0.1, 0.15) is 27.9 Å². The van der Waals surface area contributed by atoms with Crippen molar-refractivity contribution < 1.29 is 24.6 Å². The summed E-state index contributed by atoms with van der Waals surface area (Å²) < 4.78 is 0. The Morgan fingerprint density at radius 1 is 0.882 bits per heavy atom. The van der Waals surface area contributed by atoms with Crippen molar-refractivity contribution in [3.63, 3.8) is 0 Å². The quantitative estimate of drug-likeness (QED) is 0.336. The Bertz CT molecular complexity index is 1150. The molecule has 3 amide bonds. The SMILES string of the molecule is O=C(O)CCNC(=O)c1ccc(CN(Cc2ccccc2Cl)C(=O)Nc2ccc(O)cc2)cc1. The number of hydrogen-bond donors (Lipinski definition) is 4. The molecule has 0 fully saturated rings. The van der Waals surface area contributed by atoms with E-state index in [9.17, 15) is 19.5 Å². The Morgan fingerprint density at radius 3 is 2.21 bits per heavy atom. The van der Waals surface area contributed by atoms with Gasteiger partial charge in [0.1, 0.15) is 5.75 Å². The molecule has 0 bridgehead atoms. The summed E-state index contributed by atoms with van der Waals surface area (Å²) in [7, 11) is 0. The van der Waals surface area contributed by atoms with E-state index in [0.29, 0.717) is 16.3 Å². The van der Waals surface area contributed by atoms with Crippen molar-refractivity contribution in [2.45, 2.75) is 19.5 Å². The summed E-state index contributed by atoms with van der Waals surface area (Å²) in [5.74, 6) is -1.26. The van der Waals surface area contributed by atoms with Crippen LogP contribution in [0.25, 0.3) is 0 Å². The van der Waals surface area contributed by atoms with Crippen LogP contribution in [0.4, 0.5) is 10.5 Å². The fourth-order valence-electron chi connectivity index (χ4n) is 3.15. The zero-order valence-electron chi connectivity index (χ0n) is 18.2. The lowest BCUT2D eigenvalue weighted by Crippen LogP contribution is -2.34. The molecular formula is C25H24ClN3O5. The summed E-state index contributed by atoms with van der Waals surface area (Å²) in [4.78, 5) is 37.4. The van der Waals surface area contributed by atoms with Gasteiger partial charge in [-0.05, 0) is 53.6 Å². The molecule has 0 saturated carbocycles. The maximum Gasteiger partial charge on any atom is 0.322 e. The number of carboxylic acid groups (broad SMARTS) is 1. The number of benzene rings is 3. The van der Waals surface area contributed by atoms with Crippen LogP contribution in [0.15, 0.2) is 72.8 Å². The van der Waals surface area contributed by atoms with Crippen molar-refractivity contribution in [2.24, 2.45) is 0 Å². The molecule has 176 valence electrons. The zero-order chi connectivity index (χ0) is 24.5. The molecular weight excluding hydrogens is 458 g/mol. The Labute approximate surface area is 201 Å². The molecule has 0 aliphatic rings. The molecule has 0 unspecified atom stereocenters. The lowest BCUT2D eigenvalue weighted by Gasteiger charge is -2.24. The van der Waals surface area contributed by atoms with Gasteiger partial charge in [0.25, 0.3) is 5.91 Å². The molecule has 4 N–H and O–H groups in total. The third kappa shape index (κ3) is 7.25. The molecule has 0 spiro atoms. The Hall–Kier alpha value is -4.04. The van der Waals surface area contributed by atoms with Gasteiger partial charge in [0.15, 0.2) is 0 Å². The van der Waals surface area contributed by atoms with Gasteiger partial charge in [-0.15, -0.1) is 0 Å². The highest BCUT2D eigenvalue weighted by atomic mass is 35.5. The number of anilines is 1. The fraction of sp³-hybridized carbons (Fsp3) is 0.160. The number of carbonyl (C=O) groups is 3. The van der Waals surface area contributed by atoms with Gasteiger partial charge in [-0.25, -0.2) is 4.79 Å². The molecule has 0 atom stereocenters. The van der Waals surface area contributed by atoms with E-state index in [1.807, 2.05) is 18.2 Å². The third-order valence-corrected chi connectivity index (χ3v) is 5.31. The zero-order valence-corrected chi connectivity index (χ0v) is 19.0. The second kappa shape index (κ2) is 11.7. The van der Waals surface area contributed by atoms with Crippen molar-refractivity contribution in [3.8, 4) is 5.75 Å². The van der Waals surface area contributed by atoms with Crippen LogP contribution in [0.5, 0.6) is 5.75 Å². The molecule has 0 aromatic heterocycles. The number of nitrogens with zero attached hydrogens (tertiary/aromatic N) is 1. The van der Waals surface area contributed by atoms with E-state index in [-0.39, 0.29) is 43.7 Å². The molecule has 9 heteroatoms. The monoisotopic (exact) mass is 481 g/mol. The first-order valence-electron chi connectivity index (χ1n) is 10.5. The van der Waals surface area contributed by atoms with Gasteiger partial charge >= 0.3 is 12.0 Å². The number of phenols is 1. The minimum atomic E-state index is -0.986. The number of phenolic OH excluding ortho intramolecular Hbond substituents is 1. The van der Waals surface area contributed by atoms with E-state index in [2.05, 4.69) is 10.6 Å². The summed E-state index contributed by atoms with van der Waals surface area (Å²) in [6.45, 7) is 0.538. The largest absolute Gasteiger partial charge is 0.508 e. The van der Waals surface area contributed by atoms with Crippen LogP contribution in [0, 0.1) is 0 Å². The minimum absolute atomic E-state index is 0.0406. The van der Waals surface area contributed by atoms with E-state index < -0.39 is 5.97 Å². The van der Waals surface area contributed by atoms with Gasteiger partial charge in [-0.2, -0.15) is 0 Å². The summed E-state index contributed by atoms with van der Waals surface area (Å²) in [6.07, 6.45) is -0.156. The number of carboxylic acids is 1. The van der Waals surface area contributed by atoms with Crippen molar-refractivity contribution >= 4 is 35.2 Å². The van der Waals surface area contributed by atoms with Crippen molar-refractivity contribution in [3.05, 3.63) is 94.5 Å². The van der Waals surface area contributed by atoms with E-state index in [1.165, 1.54) is 12.1 Å². The highest BCUT2D eigenvalue weighted by molar-refractivity contribution is 6.31. The average Bonchev–Trinajstić information content (AvgIpc) is 2.81. The Morgan fingerprint density at radius 2 is 1.56 bits per heavy atom. The van der Waals surface area contributed by atoms with Crippen LogP contribution in [0.2, 0.25) is 5.02 Å². The maximum absolute atomic E-state index is 13.1. The topological polar surface area (TPSA) is 119 Å². The number of aliphatic carboxylic acids is 1. The van der Waals surface area contributed by atoms with E-state index in [1.54, 1.807) is 47.4 Å². The molecule has 0 aliphatic carbocycles. The van der Waals surface area contributed by atoms with Crippen molar-refractivity contribution in [2.75, 3.05) is 11.9 Å². The molecule has 8 nitrogen and oxygen atoms in total. The lowest BCUT2D eigenvalue weighted by atomic mass is 10.1. The summed E-state index contributed by atoms with van der Waals surface area (Å²) in [6, 6.07) is 19.8. The number of halogens is 1. The highest BCUT2D eigenvalue weighted by Gasteiger charge is 2.17. The third-order valence-electron chi connectivity index (χ3n) is 4.94. The van der Waals surface area contributed by atoms with E-state index >= 15 is 0 Å². The molecule has 0 saturated heterocycles. The number of aromatic hydroxyl groups is 1. The second-order valence-electron chi connectivity index (χ2n) is 7.52. The van der Waals surface area contributed by atoms with Gasteiger partial charge in [0.05, 0.1) is 6.42 Å². The first-order valence-corrected chi connectivity index (χ1v) is 10.9. The minimum Gasteiger partial charge on any atom is -0.508 e. The maximum atomic E-state index is 13.1. The van der Waals surface area contributed by atoms with Gasteiger partial charge in [-0.3, -0.25) is 9.59 Å². The Kier molecular flexibility index (Phi) is 8.48. The van der Waals surface area contributed by atoms with Crippen LogP contribution >= 0.6 is 11.6 Å². The first kappa shape index (κ1) is 24.6. The van der Waals surface area contributed by atoms with Gasteiger partial charge in [0, 0.05) is 35.9 Å². The van der Waals surface area contributed by atoms with Gasteiger partial charge < -0.3 is 25.7 Å². The van der Waals surface area contributed by atoms with Crippen LogP contribution in [-0.4, -0.2) is 39.6 Å². The molecule has 0 aliphatic heterocycles.